The quantitative estimate of drug-likeness (QED) is 0.796. The average Bonchev–Trinajstić information content (AvgIpc) is 2.47. The van der Waals surface area contributed by atoms with Crippen molar-refractivity contribution in [1.29, 1.82) is 0 Å². The van der Waals surface area contributed by atoms with Crippen LogP contribution in [-0.4, -0.2) is 11.5 Å². The van der Waals surface area contributed by atoms with Crippen LogP contribution in [0.4, 0.5) is 0 Å². The lowest BCUT2D eigenvalue weighted by atomic mass is 9.90. The fourth-order valence-electron chi connectivity index (χ4n) is 2.64. The Kier molecular flexibility index (Phi) is 5.95. The smallest absolute Gasteiger partial charge is 0.0450 e. The number of pyridine rings is 1. The summed E-state index contributed by atoms with van der Waals surface area (Å²) in [6.45, 7) is 7.58. The van der Waals surface area contributed by atoms with Crippen LogP contribution < -0.4 is 5.32 Å². The summed E-state index contributed by atoms with van der Waals surface area (Å²) in [5.41, 5.74) is 3.72. The van der Waals surface area contributed by atoms with Crippen molar-refractivity contribution in [3.8, 4) is 0 Å². The second-order valence-electron chi connectivity index (χ2n) is 5.54. The topological polar surface area (TPSA) is 24.9 Å². The Bertz CT molecular complexity index is 548. The first-order chi connectivity index (χ1) is 10.1. The van der Waals surface area contributed by atoms with Crippen molar-refractivity contribution in [1.82, 2.24) is 10.3 Å². The van der Waals surface area contributed by atoms with E-state index in [9.17, 15) is 0 Å². The van der Waals surface area contributed by atoms with Gasteiger partial charge in [-0.3, -0.25) is 4.98 Å². The first kappa shape index (κ1) is 16.2. The molecule has 0 fully saturated rings. The first-order valence-electron chi connectivity index (χ1n) is 7.53. The summed E-state index contributed by atoms with van der Waals surface area (Å²) in [6, 6.07) is 13.0. The largest absolute Gasteiger partial charge is 0.309 e. The summed E-state index contributed by atoms with van der Waals surface area (Å²) < 4.78 is 1.13. The standard InChI is InChI=1S/C18H23BrN2/c1-4-8-21-18(14(3)17-7-5-6-9-20-17)15-10-13(2)11-16(19)12-15/h5-7,9-12,14,18,21H,4,8H2,1-3H3. The number of benzene rings is 1. The van der Waals surface area contributed by atoms with Gasteiger partial charge in [0.25, 0.3) is 0 Å². The minimum Gasteiger partial charge on any atom is -0.309 e. The Morgan fingerprint density at radius 3 is 2.67 bits per heavy atom. The Morgan fingerprint density at radius 1 is 1.24 bits per heavy atom. The number of aryl methyl sites for hydroxylation is 1. The van der Waals surface area contributed by atoms with Gasteiger partial charge in [0, 0.05) is 28.3 Å². The van der Waals surface area contributed by atoms with Gasteiger partial charge in [0.2, 0.25) is 0 Å². The number of halogens is 1. The van der Waals surface area contributed by atoms with Crippen LogP contribution in [0.25, 0.3) is 0 Å². The molecule has 2 rings (SSSR count). The molecule has 0 aliphatic heterocycles. The van der Waals surface area contributed by atoms with Gasteiger partial charge >= 0.3 is 0 Å². The maximum Gasteiger partial charge on any atom is 0.0450 e. The molecule has 0 aliphatic rings. The zero-order chi connectivity index (χ0) is 15.2. The molecule has 2 nitrogen and oxygen atoms in total. The van der Waals surface area contributed by atoms with E-state index in [1.165, 1.54) is 11.1 Å². The lowest BCUT2D eigenvalue weighted by molar-refractivity contribution is 0.459. The Labute approximate surface area is 136 Å². The molecule has 0 radical (unpaired) electrons. The van der Waals surface area contributed by atoms with Gasteiger partial charge in [-0.05, 0) is 55.3 Å². The molecule has 0 aliphatic carbocycles. The van der Waals surface area contributed by atoms with Crippen molar-refractivity contribution >= 4 is 15.9 Å². The fraction of sp³-hybridized carbons (Fsp3) is 0.389. The zero-order valence-corrected chi connectivity index (χ0v) is 14.5. The van der Waals surface area contributed by atoms with E-state index >= 15 is 0 Å². The van der Waals surface area contributed by atoms with Gasteiger partial charge in [-0.15, -0.1) is 0 Å². The molecule has 0 spiro atoms. The van der Waals surface area contributed by atoms with E-state index < -0.39 is 0 Å². The summed E-state index contributed by atoms with van der Waals surface area (Å²) in [6.07, 6.45) is 2.99. The van der Waals surface area contributed by atoms with Crippen molar-refractivity contribution in [2.45, 2.75) is 39.2 Å². The molecule has 0 saturated heterocycles. The fourth-order valence-corrected chi connectivity index (χ4v) is 3.27. The van der Waals surface area contributed by atoms with Gasteiger partial charge in [0.1, 0.15) is 0 Å². The van der Waals surface area contributed by atoms with Gasteiger partial charge < -0.3 is 5.32 Å². The summed E-state index contributed by atoms with van der Waals surface area (Å²) in [5.74, 6) is 0.325. The first-order valence-corrected chi connectivity index (χ1v) is 8.32. The number of nitrogens with zero attached hydrogens (tertiary/aromatic N) is 1. The highest BCUT2D eigenvalue weighted by Crippen LogP contribution is 2.31. The second-order valence-corrected chi connectivity index (χ2v) is 6.45. The van der Waals surface area contributed by atoms with E-state index in [4.69, 9.17) is 0 Å². The highest BCUT2D eigenvalue weighted by Gasteiger charge is 2.21. The van der Waals surface area contributed by atoms with Crippen LogP contribution in [0, 0.1) is 6.92 Å². The lowest BCUT2D eigenvalue weighted by Crippen LogP contribution is -2.27. The second kappa shape index (κ2) is 7.71. The Hall–Kier alpha value is -1.19. The lowest BCUT2D eigenvalue weighted by Gasteiger charge is -2.26. The molecule has 3 heteroatoms. The zero-order valence-electron chi connectivity index (χ0n) is 12.9. The molecule has 0 saturated carbocycles. The van der Waals surface area contributed by atoms with E-state index in [-0.39, 0.29) is 6.04 Å². The Morgan fingerprint density at radius 2 is 2.05 bits per heavy atom. The molecule has 1 heterocycles. The molecule has 0 amide bonds. The number of nitrogens with one attached hydrogen (secondary N) is 1. The maximum absolute atomic E-state index is 4.53. The van der Waals surface area contributed by atoms with Crippen LogP contribution in [-0.2, 0) is 0 Å². The van der Waals surface area contributed by atoms with Crippen LogP contribution in [0.1, 0.15) is 49.0 Å². The van der Waals surface area contributed by atoms with Crippen molar-refractivity contribution in [3.05, 3.63) is 63.9 Å². The van der Waals surface area contributed by atoms with E-state index in [1.807, 2.05) is 12.3 Å². The summed E-state index contributed by atoms with van der Waals surface area (Å²) in [7, 11) is 0. The summed E-state index contributed by atoms with van der Waals surface area (Å²) in [4.78, 5) is 4.53. The molecule has 2 unspecified atom stereocenters. The molecule has 0 bridgehead atoms. The van der Waals surface area contributed by atoms with Crippen molar-refractivity contribution in [2.75, 3.05) is 6.54 Å². The van der Waals surface area contributed by atoms with Gasteiger partial charge in [-0.1, -0.05) is 41.9 Å². The highest BCUT2D eigenvalue weighted by molar-refractivity contribution is 9.10. The third kappa shape index (κ3) is 4.39. The van der Waals surface area contributed by atoms with Crippen molar-refractivity contribution < 1.29 is 0 Å². The minimum atomic E-state index is 0.274. The number of rotatable bonds is 6. The molecule has 1 N–H and O–H groups in total. The van der Waals surface area contributed by atoms with Crippen LogP contribution >= 0.6 is 15.9 Å². The van der Waals surface area contributed by atoms with Crippen molar-refractivity contribution in [2.24, 2.45) is 0 Å². The maximum atomic E-state index is 4.53. The Balaban J connectivity index is 2.33. The predicted molar refractivity (Wildman–Crippen MR) is 92.6 cm³/mol. The normalized spacial score (nSPS) is 13.9. The molecule has 1 aromatic heterocycles. The molecular weight excluding hydrogens is 324 g/mol. The average molecular weight is 347 g/mol. The van der Waals surface area contributed by atoms with Crippen LogP contribution in [0.5, 0.6) is 0 Å². The van der Waals surface area contributed by atoms with Gasteiger partial charge in [0.15, 0.2) is 0 Å². The molecule has 2 aromatic rings. The third-order valence-corrected chi connectivity index (χ3v) is 4.15. The van der Waals surface area contributed by atoms with Crippen LogP contribution in [0.3, 0.4) is 0 Å². The van der Waals surface area contributed by atoms with Gasteiger partial charge in [-0.2, -0.15) is 0 Å². The number of hydrogen-bond acceptors (Lipinski definition) is 2. The SMILES string of the molecule is CCCNC(c1cc(C)cc(Br)c1)C(C)c1ccccn1. The van der Waals surface area contributed by atoms with Crippen LogP contribution in [0.15, 0.2) is 47.1 Å². The number of aromatic nitrogens is 1. The van der Waals surface area contributed by atoms with E-state index in [0.717, 1.165) is 23.1 Å². The van der Waals surface area contributed by atoms with Crippen LogP contribution in [0.2, 0.25) is 0 Å². The summed E-state index contributed by atoms with van der Waals surface area (Å²) >= 11 is 3.61. The minimum absolute atomic E-state index is 0.274. The molecule has 2 atom stereocenters. The summed E-state index contributed by atoms with van der Waals surface area (Å²) in [5, 5.41) is 3.68. The monoisotopic (exact) mass is 346 g/mol. The third-order valence-electron chi connectivity index (χ3n) is 3.69. The molecular formula is C18H23BrN2. The molecule has 21 heavy (non-hydrogen) atoms. The van der Waals surface area contributed by atoms with E-state index in [0.29, 0.717) is 5.92 Å². The highest BCUT2D eigenvalue weighted by atomic mass is 79.9. The number of hydrogen-bond donors (Lipinski definition) is 1. The van der Waals surface area contributed by atoms with Crippen molar-refractivity contribution in [3.63, 3.8) is 0 Å². The van der Waals surface area contributed by atoms with E-state index in [1.54, 1.807) is 0 Å². The van der Waals surface area contributed by atoms with Gasteiger partial charge in [0.05, 0.1) is 0 Å². The molecule has 1 aromatic carbocycles. The van der Waals surface area contributed by atoms with E-state index in [2.05, 4.69) is 77.3 Å². The molecule has 112 valence electrons. The predicted octanol–water partition coefficient (Wildman–Crippen LogP) is 5.00. The van der Waals surface area contributed by atoms with Gasteiger partial charge in [-0.25, -0.2) is 0 Å².